The topological polar surface area (TPSA) is 76.1 Å². The number of aliphatic hydroxyl groups excluding tert-OH is 1. The van der Waals surface area contributed by atoms with Crippen LogP contribution in [0.5, 0.6) is 0 Å². The summed E-state index contributed by atoms with van der Waals surface area (Å²) in [5.41, 5.74) is 0.948. The first-order valence-corrected chi connectivity index (χ1v) is 7.80. The zero-order chi connectivity index (χ0) is 16.7. The quantitative estimate of drug-likeness (QED) is 0.839. The van der Waals surface area contributed by atoms with Crippen LogP contribution in [-0.2, 0) is 20.9 Å². The Bertz CT molecular complexity index is 511. The summed E-state index contributed by atoms with van der Waals surface area (Å²) in [4.78, 5) is 24.9. The lowest BCUT2D eigenvalue weighted by atomic mass is 9.90. The van der Waals surface area contributed by atoms with E-state index in [4.69, 9.17) is 4.74 Å². The van der Waals surface area contributed by atoms with Crippen molar-refractivity contribution in [1.29, 1.82) is 0 Å². The van der Waals surface area contributed by atoms with E-state index in [0.29, 0.717) is 25.9 Å². The largest absolute Gasteiger partial charge is 0.469 e. The van der Waals surface area contributed by atoms with Crippen LogP contribution in [0.15, 0.2) is 30.3 Å². The van der Waals surface area contributed by atoms with Crippen molar-refractivity contribution in [2.45, 2.75) is 32.0 Å². The standard InChI is InChI=1S/C17H23NO5/c1-22-16(20)11-15(19)14-7-9-18(10-8-14)17(21)23-12-13-5-3-2-4-6-13/h2-6,14-15,19H,7-12H2,1H3/t15-/m0/s1. The molecule has 1 aromatic rings. The zero-order valence-electron chi connectivity index (χ0n) is 13.3. The molecule has 126 valence electrons. The third-order valence-electron chi connectivity index (χ3n) is 4.15. The maximum Gasteiger partial charge on any atom is 0.410 e. The van der Waals surface area contributed by atoms with Gasteiger partial charge in [0.05, 0.1) is 19.6 Å². The number of amides is 1. The smallest absolute Gasteiger partial charge is 0.410 e. The number of aliphatic hydroxyl groups is 1. The van der Waals surface area contributed by atoms with Gasteiger partial charge in [0.15, 0.2) is 0 Å². The lowest BCUT2D eigenvalue weighted by molar-refractivity contribution is -0.143. The van der Waals surface area contributed by atoms with Crippen LogP contribution in [0.25, 0.3) is 0 Å². The molecule has 6 heteroatoms. The van der Waals surface area contributed by atoms with Crippen LogP contribution in [-0.4, -0.2) is 48.4 Å². The van der Waals surface area contributed by atoms with E-state index in [1.807, 2.05) is 30.3 Å². The van der Waals surface area contributed by atoms with Crippen LogP contribution in [0.2, 0.25) is 0 Å². The second kappa shape index (κ2) is 8.53. The number of hydrogen-bond donors (Lipinski definition) is 1. The van der Waals surface area contributed by atoms with E-state index in [2.05, 4.69) is 4.74 Å². The van der Waals surface area contributed by atoms with Gasteiger partial charge >= 0.3 is 12.1 Å². The predicted octanol–water partition coefficient (Wildman–Crippen LogP) is 1.96. The molecule has 0 spiro atoms. The van der Waals surface area contributed by atoms with Crippen molar-refractivity contribution in [2.75, 3.05) is 20.2 Å². The third kappa shape index (κ3) is 5.25. The molecule has 1 heterocycles. The summed E-state index contributed by atoms with van der Waals surface area (Å²) in [5.74, 6) is -0.408. The van der Waals surface area contributed by atoms with Gasteiger partial charge in [0.1, 0.15) is 6.61 Å². The highest BCUT2D eigenvalue weighted by Gasteiger charge is 2.29. The number of esters is 1. The molecule has 1 aliphatic rings. The molecule has 23 heavy (non-hydrogen) atoms. The van der Waals surface area contributed by atoms with E-state index in [1.54, 1.807) is 4.90 Å². The molecule has 1 aromatic carbocycles. The van der Waals surface area contributed by atoms with Crippen molar-refractivity contribution in [3.05, 3.63) is 35.9 Å². The van der Waals surface area contributed by atoms with Crippen molar-refractivity contribution >= 4 is 12.1 Å². The summed E-state index contributed by atoms with van der Waals surface area (Å²) in [6.45, 7) is 1.30. The van der Waals surface area contributed by atoms with E-state index < -0.39 is 12.1 Å². The minimum absolute atomic E-state index is 0.000377. The second-order valence-corrected chi connectivity index (χ2v) is 5.71. The van der Waals surface area contributed by atoms with Crippen LogP contribution in [0, 0.1) is 5.92 Å². The van der Waals surface area contributed by atoms with Crippen LogP contribution in [0.4, 0.5) is 4.79 Å². The van der Waals surface area contributed by atoms with Crippen LogP contribution in [0.1, 0.15) is 24.8 Å². The number of hydrogen-bond acceptors (Lipinski definition) is 5. The average molecular weight is 321 g/mol. The van der Waals surface area contributed by atoms with Gasteiger partial charge in [0, 0.05) is 13.1 Å². The molecule has 2 rings (SSSR count). The fraction of sp³-hybridized carbons (Fsp3) is 0.529. The van der Waals surface area contributed by atoms with Gasteiger partial charge in [-0.3, -0.25) is 4.79 Å². The number of benzene rings is 1. The fourth-order valence-corrected chi connectivity index (χ4v) is 2.70. The Labute approximate surface area is 136 Å². The van der Waals surface area contributed by atoms with Gasteiger partial charge in [0.25, 0.3) is 0 Å². The van der Waals surface area contributed by atoms with Crippen LogP contribution >= 0.6 is 0 Å². The molecular weight excluding hydrogens is 298 g/mol. The van der Waals surface area contributed by atoms with Gasteiger partial charge < -0.3 is 19.5 Å². The molecule has 1 fully saturated rings. The number of methoxy groups -OCH3 is 1. The van der Waals surface area contributed by atoms with Gasteiger partial charge in [-0.05, 0) is 24.3 Å². The third-order valence-corrected chi connectivity index (χ3v) is 4.15. The van der Waals surface area contributed by atoms with E-state index in [0.717, 1.165) is 5.56 Å². The molecule has 1 aliphatic heterocycles. The van der Waals surface area contributed by atoms with Crippen LogP contribution < -0.4 is 0 Å². The zero-order valence-corrected chi connectivity index (χ0v) is 13.3. The Morgan fingerprint density at radius 2 is 1.91 bits per heavy atom. The average Bonchev–Trinajstić information content (AvgIpc) is 2.60. The molecule has 1 amide bonds. The van der Waals surface area contributed by atoms with Crippen LogP contribution in [0.3, 0.4) is 0 Å². The lowest BCUT2D eigenvalue weighted by Crippen LogP contribution is -2.41. The number of carbonyl (C=O) groups is 2. The Kier molecular flexibility index (Phi) is 6.40. The van der Waals surface area contributed by atoms with Gasteiger partial charge in [0.2, 0.25) is 0 Å². The molecular formula is C17H23NO5. The van der Waals surface area contributed by atoms with E-state index in [1.165, 1.54) is 7.11 Å². The summed E-state index contributed by atoms with van der Waals surface area (Å²) in [6, 6.07) is 9.52. The molecule has 1 atom stereocenters. The number of ether oxygens (including phenoxy) is 2. The highest BCUT2D eigenvalue weighted by atomic mass is 16.6. The molecule has 1 saturated heterocycles. The number of nitrogens with zero attached hydrogens (tertiary/aromatic N) is 1. The van der Waals surface area contributed by atoms with Gasteiger partial charge in [-0.1, -0.05) is 30.3 Å². The molecule has 0 saturated carbocycles. The van der Waals surface area contributed by atoms with Crippen molar-refractivity contribution in [2.24, 2.45) is 5.92 Å². The lowest BCUT2D eigenvalue weighted by Gasteiger charge is -2.33. The number of likely N-dealkylation sites (tertiary alicyclic amines) is 1. The van der Waals surface area contributed by atoms with Gasteiger partial charge in [-0.2, -0.15) is 0 Å². The number of carbonyl (C=O) groups excluding carboxylic acids is 2. The fourth-order valence-electron chi connectivity index (χ4n) is 2.70. The minimum Gasteiger partial charge on any atom is -0.469 e. The van der Waals surface area contributed by atoms with Crippen molar-refractivity contribution in [3.63, 3.8) is 0 Å². The van der Waals surface area contributed by atoms with Gasteiger partial charge in [-0.25, -0.2) is 4.79 Å². The summed E-state index contributed by atoms with van der Waals surface area (Å²) in [6.07, 6.45) is 0.247. The minimum atomic E-state index is -0.718. The Morgan fingerprint density at radius 3 is 2.52 bits per heavy atom. The highest BCUT2D eigenvalue weighted by molar-refractivity contribution is 5.70. The van der Waals surface area contributed by atoms with E-state index in [-0.39, 0.29) is 25.0 Å². The first kappa shape index (κ1) is 17.3. The molecule has 0 aliphatic carbocycles. The Hall–Kier alpha value is -2.08. The van der Waals surface area contributed by atoms with E-state index in [9.17, 15) is 14.7 Å². The number of piperidine rings is 1. The summed E-state index contributed by atoms with van der Waals surface area (Å²) in [5, 5.41) is 10.0. The Balaban J connectivity index is 1.73. The SMILES string of the molecule is COC(=O)C[C@H](O)C1CCN(C(=O)OCc2ccccc2)CC1. The van der Waals surface area contributed by atoms with Crippen molar-refractivity contribution in [3.8, 4) is 0 Å². The predicted molar refractivity (Wildman–Crippen MR) is 83.6 cm³/mol. The number of rotatable bonds is 5. The van der Waals surface area contributed by atoms with Gasteiger partial charge in [-0.15, -0.1) is 0 Å². The van der Waals surface area contributed by atoms with E-state index >= 15 is 0 Å². The first-order valence-electron chi connectivity index (χ1n) is 7.80. The molecule has 1 N–H and O–H groups in total. The summed E-state index contributed by atoms with van der Waals surface area (Å²) in [7, 11) is 1.31. The first-order chi connectivity index (χ1) is 11.1. The van der Waals surface area contributed by atoms with Crippen molar-refractivity contribution < 1.29 is 24.2 Å². The maximum atomic E-state index is 12.0. The molecule has 0 unspecified atom stereocenters. The molecule has 0 aromatic heterocycles. The molecule has 0 radical (unpaired) electrons. The molecule has 0 bridgehead atoms. The maximum absolute atomic E-state index is 12.0. The second-order valence-electron chi connectivity index (χ2n) is 5.71. The molecule has 6 nitrogen and oxygen atoms in total. The van der Waals surface area contributed by atoms with Crippen molar-refractivity contribution in [1.82, 2.24) is 4.90 Å². The normalized spacial score (nSPS) is 16.7. The Morgan fingerprint density at radius 1 is 1.26 bits per heavy atom. The summed E-state index contributed by atoms with van der Waals surface area (Å²) >= 11 is 0. The summed E-state index contributed by atoms with van der Waals surface area (Å²) < 4.78 is 9.86. The monoisotopic (exact) mass is 321 g/mol. The highest BCUT2D eigenvalue weighted by Crippen LogP contribution is 2.23.